The third-order valence-corrected chi connectivity index (χ3v) is 3.22. The van der Waals surface area contributed by atoms with E-state index in [1.165, 1.54) is 11.1 Å². The van der Waals surface area contributed by atoms with Crippen molar-refractivity contribution in [2.75, 3.05) is 13.7 Å². The van der Waals surface area contributed by atoms with Crippen molar-refractivity contribution in [3.05, 3.63) is 35.4 Å². The summed E-state index contributed by atoms with van der Waals surface area (Å²) in [6, 6.07) is 8.74. The Morgan fingerprint density at radius 3 is 2.80 bits per heavy atom. The summed E-state index contributed by atoms with van der Waals surface area (Å²) >= 11 is 0. The van der Waals surface area contributed by atoms with Gasteiger partial charge in [-0.2, -0.15) is 0 Å². The van der Waals surface area contributed by atoms with Crippen LogP contribution in [-0.2, 0) is 16.8 Å². The van der Waals surface area contributed by atoms with Gasteiger partial charge in [0, 0.05) is 7.11 Å². The monoisotopic (exact) mass is 205 g/mol. The zero-order chi connectivity index (χ0) is 10.7. The summed E-state index contributed by atoms with van der Waals surface area (Å²) in [6.07, 6.45) is 4.45. The zero-order valence-corrected chi connectivity index (χ0v) is 9.33. The van der Waals surface area contributed by atoms with E-state index in [4.69, 9.17) is 10.5 Å². The van der Waals surface area contributed by atoms with Crippen molar-refractivity contribution >= 4 is 0 Å². The maximum absolute atomic E-state index is 5.57. The zero-order valence-electron chi connectivity index (χ0n) is 9.33. The molecule has 0 saturated heterocycles. The fourth-order valence-electron chi connectivity index (χ4n) is 2.04. The van der Waals surface area contributed by atoms with Crippen molar-refractivity contribution in [1.29, 1.82) is 0 Å². The Morgan fingerprint density at radius 2 is 2.20 bits per heavy atom. The van der Waals surface area contributed by atoms with E-state index in [-0.39, 0.29) is 5.60 Å². The molecule has 2 heteroatoms. The molecule has 1 aromatic carbocycles. The molecule has 0 bridgehead atoms. The lowest BCUT2D eigenvalue weighted by Crippen LogP contribution is -2.09. The Balaban J connectivity index is 2.12. The summed E-state index contributed by atoms with van der Waals surface area (Å²) < 4.78 is 5.57. The minimum Gasteiger partial charge on any atom is -0.374 e. The lowest BCUT2D eigenvalue weighted by atomic mass is 10.0. The quantitative estimate of drug-likeness (QED) is 0.800. The molecule has 0 unspecified atom stereocenters. The van der Waals surface area contributed by atoms with Crippen molar-refractivity contribution in [2.45, 2.75) is 31.3 Å². The maximum atomic E-state index is 5.57. The van der Waals surface area contributed by atoms with E-state index in [2.05, 4.69) is 24.3 Å². The lowest BCUT2D eigenvalue weighted by Gasteiger charge is -2.14. The molecule has 0 aromatic heterocycles. The topological polar surface area (TPSA) is 35.2 Å². The lowest BCUT2D eigenvalue weighted by molar-refractivity contribution is 0.0788. The Kier molecular flexibility index (Phi) is 3.08. The average Bonchev–Trinajstić information content (AvgIpc) is 3.08. The highest BCUT2D eigenvalue weighted by Crippen LogP contribution is 2.48. The van der Waals surface area contributed by atoms with Gasteiger partial charge in [-0.3, -0.25) is 0 Å². The summed E-state index contributed by atoms with van der Waals surface area (Å²) in [5.74, 6) is 0. The Morgan fingerprint density at radius 1 is 1.40 bits per heavy atom. The highest BCUT2D eigenvalue weighted by atomic mass is 16.5. The predicted molar refractivity (Wildman–Crippen MR) is 61.7 cm³/mol. The van der Waals surface area contributed by atoms with Crippen LogP contribution in [0.4, 0.5) is 0 Å². The number of nitrogens with two attached hydrogens (primary N) is 1. The molecule has 2 rings (SSSR count). The largest absolute Gasteiger partial charge is 0.374 e. The molecule has 1 fully saturated rings. The van der Waals surface area contributed by atoms with Crippen LogP contribution in [0.25, 0.3) is 0 Å². The fraction of sp³-hybridized carbons (Fsp3) is 0.538. The van der Waals surface area contributed by atoms with Gasteiger partial charge in [-0.25, -0.2) is 0 Å². The maximum Gasteiger partial charge on any atom is 0.0930 e. The molecular weight excluding hydrogens is 186 g/mol. The molecule has 0 spiro atoms. The van der Waals surface area contributed by atoms with Crippen LogP contribution < -0.4 is 5.73 Å². The first-order valence-electron chi connectivity index (χ1n) is 5.65. The minimum atomic E-state index is 0.0404. The van der Waals surface area contributed by atoms with Crippen molar-refractivity contribution in [3.8, 4) is 0 Å². The van der Waals surface area contributed by atoms with Crippen molar-refractivity contribution < 1.29 is 4.74 Å². The molecular formula is C13H19NO. The second-order valence-electron chi connectivity index (χ2n) is 4.29. The van der Waals surface area contributed by atoms with E-state index in [1.807, 2.05) is 0 Å². The smallest absolute Gasteiger partial charge is 0.0930 e. The third-order valence-electron chi connectivity index (χ3n) is 3.22. The summed E-state index contributed by atoms with van der Waals surface area (Å²) in [7, 11) is 1.81. The van der Waals surface area contributed by atoms with Gasteiger partial charge in [-0.05, 0) is 43.4 Å². The van der Waals surface area contributed by atoms with E-state index in [1.54, 1.807) is 7.11 Å². The van der Waals surface area contributed by atoms with Crippen molar-refractivity contribution in [3.63, 3.8) is 0 Å². The number of methoxy groups -OCH3 is 1. The molecule has 0 heterocycles. The first-order valence-corrected chi connectivity index (χ1v) is 5.65. The minimum absolute atomic E-state index is 0.0404. The number of rotatable bonds is 5. The van der Waals surface area contributed by atoms with Crippen molar-refractivity contribution in [1.82, 2.24) is 0 Å². The van der Waals surface area contributed by atoms with Gasteiger partial charge in [-0.15, -0.1) is 0 Å². The normalized spacial score (nSPS) is 17.7. The standard InChI is InChI=1S/C13H19NO/c1-15-13(7-8-13)12-6-2-4-11(10-12)5-3-9-14/h2,4,6,10H,3,5,7-9,14H2,1H3. The third kappa shape index (κ3) is 2.21. The molecule has 82 valence electrons. The van der Waals surface area contributed by atoms with Crippen LogP contribution in [0.2, 0.25) is 0 Å². The Labute approximate surface area is 91.4 Å². The van der Waals surface area contributed by atoms with Crippen molar-refractivity contribution in [2.24, 2.45) is 5.73 Å². The number of benzene rings is 1. The second kappa shape index (κ2) is 4.33. The molecule has 1 saturated carbocycles. The molecule has 0 amide bonds. The molecule has 2 nitrogen and oxygen atoms in total. The average molecular weight is 205 g/mol. The van der Waals surface area contributed by atoms with E-state index < -0.39 is 0 Å². The predicted octanol–water partition coefficient (Wildman–Crippen LogP) is 2.21. The van der Waals surface area contributed by atoms with E-state index in [0.29, 0.717) is 0 Å². The van der Waals surface area contributed by atoms with Gasteiger partial charge in [0.15, 0.2) is 0 Å². The van der Waals surface area contributed by atoms with Crippen LogP contribution in [-0.4, -0.2) is 13.7 Å². The number of hydrogen-bond acceptors (Lipinski definition) is 2. The summed E-state index contributed by atoms with van der Waals surface area (Å²) in [4.78, 5) is 0. The molecule has 1 aromatic rings. The SMILES string of the molecule is COC1(c2cccc(CCCN)c2)CC1. The molecule has 0 radical (unpaired) electrons. The summed E-state index contributed by atoms with van der Waals surface area (Å²) in [5.41, 5.74) is 8.26. The van der Waals surface area contributed by atoms with Crippen LogP contribution in [0.5, 0.6) is 0 Å². The molecule has 15 heavy (non-hydrogen) atoms. The first kappa shape index (κ1) is 10.7. The van der Waals surface area contributed by atoms with Gasteiger partial charge >= 0.3 is 0 Å². The summed E-state index contributed by atoms with van der Waals surface area (Å²) in [5, 5.41) is 0. The molecule has 1 aliphatic carbocycles. The number of aryl methyl sites for hydroxylation is 1. The summed E-state index contributed by atoms with van der Waals surface area (Å²) in [6.45, 7) is 0.764. The van der Waals surface area contributed by atoms with E-state index in [9.17, 15) is 0 Å². The van der Waals surface area contributed by atoms with Gasteiger partial charge in [-0.1, -0.05) is 24.3 Å². The molecule has 0 aliphatic heterocycles. The Bertz CT molecular complexity index is 331. The van der Waals surface area contributed by atoms with Gasteiger partial charge in [0.25, 0.3) is 0 Å². The van der Waals surface area contributed by atoms with Gasteiger partial charge < -0.3 is 10.5 Å². The highest BCUT2D eigenvalue weighted by Gasteiger charge is 2.44. The second-order valence-corrected chi connectivity index (χ2v) is 4.29. The van der Waals surface area contributed by atoms with Crippen LogP contribution >= 0.6 is 0 Å². The number of hydrogen-bond donors (Lipinski definition) is 1. The van der Waals surface area contributed by atoms with E-state index in [0.717, 1.165) is 32.2 Å². The molecule has 1 aliphatic rings. The molecule has 2 N–H and O–H groups in total. The van der Waals surface area contributed by atoms with Crippen LogP contribution in [0.15, 0.2) is 24.3 Å². The van der Waals surface area contributed by atoms with Gasteiger partial charge in [0.05, 0.1) is 5.60 Å². The number of ether oxygens (including phenoxy) is 1. The first-order chi connectivity index (χ1) is 7.30. The van der Waals surface area contributed by atoms with Crippen LogP contribution in [0.1, 0.15) is 30.4 Å². The Hall–Kier alpha value is -0.860. The van der Waals surface area contributed by atoms with Gasteiger partial charge in [0.2, 0.25) is 0 Å². The molecule has 0 atom stereocenters. The fourth-order valence-corrected chi connectivity index (χ4v) is 2.04. The highest BCUT2D eigenvalue weighted by molar-refractivity contribution is 5.32. The van der Waals surface area contributed by atoms with Crippen LogP contribution in [0.3, 0.4) is 0 Å². The van der Waals surface area contributed by atoms with Gasteiger partial charge in [0.1, 0.15) is 0 Å². The van der Waals surface area contributed by atoms with E-state index >= 15 is 0 Å². The van der Waals surface area contributed by atoms with Crippen LogP contribution in [0, 0.1) is 0 Å².